The molecule has 0 spiro atoms. The molecular formula is C17H16N2O4. The van der Waals surface area contributed by atoms with Crippen LogP contribution in [0, 0.1) is 0 Å². The van der Waals surface area contributed by atoms with E-state index in [2.05, 4.69) is 5.32 Å². The van der Waals surface area contributed by atoms with E-state index >= 15 is 0 Å². The molecule has 0 atom stereocenters. The Morgan fingerprint density at radius 2 is 1.52 bits per heavy atom. The van der Waals surface area contributed by atoms with Gasteiger partial charge in [-0.3, -0.25) is 14.4 Å². The summed E-state index contributed by atoms with van der Waals surface area (Å²) in [6.45, 7) is 1.27. The van der Waals surface area contributed by atoms with Crippen molar-refractivity contribution in [2.75, 3.05) is 11.9 Å². The van der Waals surface area contributed by atoms with Gasteiger partial charge in [-0.1, -0.05) is 12.1 Å². The number of carbonyl (C=O) groups is 3. The van der Waals surface area contributed by atoms with Gasteiger partial charge in [-0.05, 0) is 43.3 Å². The van der Waals surface area contributed by atoms with Crippen LogP contribution in [0.5, 0.6) is 5.75 Å². The molecule has 3 N–H and O–H groups in total. The van der Waals surface area contributed by atoms with Crippen LogP contribution in [0.3, 0.4) is 0 Å². The summed E-state index contributed by atoms with van der Waals surface area (Å²) >= 11 is 0. The Labute approximate surface area is 133 Å². The van der Waals surface area contributed by atoms with E-state index < -0.39 is 5.91 Å². The number of rotatable bonds is 6. The SMILES string of the molecule is CC(=O)c1ccc(C(=O)Nc2ccc(OCC(N)=O)cc2)cc1. The van der Waals surface area contributed by atoms with Crippen LogP contribution in [0.25, 0.3) is 0 Å². The Morgan fingerprint density at radius 1 is 0.957 bits per heavy atom. The van der Waals surface area contributed by atoms with Gasteiger partial charge in [0.25, 0.3) is 11.8 Å². The maximum Gasteiger partial charge on any atom is 0.255 e. The highest BCUT2D eigenvalue weighted by Gasteiger charge is 2.07. The van der Waals surface area contributed by atoms with Gasteiger partial charge in [0.1, 0.15) is 5.75 Å². The smallest absolute Gasteiger partial charge is 0.255 e. The quantitative estimate of drug-likeness (QED) is 0.797. The zero-order valence-corrected chi connectivity index (χ0v) is 12.5. The number of benzene rings is 2. The second kappa shape index (κ2) is 7.22. The van der Waals surface area contributed by atoms with Crippen LogP contribution in [0.2, 0.25) is 0 Å². The molecular weight excluding hydrogens is 296 g/mol. The average molecular weight is 312 g/mol. The van der Waals surface area contributed by atoms with Crippen LogP contribution >= 0.6 is 0 Å². The number of Topliss-reactive ketones (excluding diaryl/α,β-unsaturated/α-hetero) is 1. The van der Waals surface area contributed by atoms with Crippen LogP contribution < -0.4 is 15.8 Å². The van der Waals surface area contributed by atoms with Crippen LogP contribution in [-0.4, -0.2) is 24.2 Å². The highest BCUT2D eigenvalue weighted by Crippen LogP contribution is 2.16. The molecule has 0 aromatic heterocycles. The van der Waals surface area contributed by atoms with Crippen molar-refractivity contribution < 1.29 is 19.1 Å². The first-order chi connectivity index (χ1) is 11.0. The molecule has 118 valence electrons. The predicted molar refractivity (Wildman–Crippen MR) is 85.5 cm³/mol. The Morgan fingerprint density at radius 3 is 2.04 bits per heavy atom. The molecule has 2 rings (SSSR count). The van der Waals surface area contributed by atoms with Crippen molar-refractivity contribution in [3.63, 3.8) is 0 Å². The summed E-state index contributed by atoms with van der Waals surface area (Å²) in [7, 11) is 0. The van der Waals surface area contributed by atoms with Gasteiger partial charge in [-0.15, -0.1) is 0 Å². The van der Waals surface area contributed by atoms with Gasteiger partial charge in [0, 0.05) is 16.8 Å². The minimum atomic E-state index is -0.559. The lowest BCUT2D eigenvalue weighted by molar-refractivity contribution is -0.119. The van der Waals surface area contributed by atoms with Gasteiger partial charge < -0.3 is 15.8 Å². The van der Waals surface area contributed by atoms with E-state index in [0.29, 0.717) is 22.6 Å². The van der Waals surface area contributed by atoms with E-state index in [1.54, 1.807) is 48.5 Å². The minimum absolute atomic E-state index is 0.0523. The molecule has 6 heteroatoms. The molecule has 0 saturated heterocycles. The van der Waals surface area contributed by atoms with E-state index in [-0.39, 0.29) is 18.3 Å². The van der Waals surface area contributed by atoms with E-state index in [1.807, 2.05) is 0 Å². The molecule has 6 nitrogen and oxygen atoms in total. The zero-order valence-electron chi connectivity index (χ0n) is 12.5. The largest absolute Gasteiger partial charge is 0.484 e. The van der Waals surface area contributed by atoms with Crippen LogP contribution in [0.4, 0.5) is 5.69 Å². The van der Waals surface area contributed by atoms with Gasteiger partial charge in [-0.2, -0.15) is 0 Å². The van der Waals surface area contributed by atoms with Gasteiger partial charge in [0.15, 0.2) is 12.4 Å². The second-order valence-corrected chi connectivity index (χ2v) is 4.87. The monoisotopic (exact) mass is 312 g/mol. The standard InChI is InChI=1S/C17H16N2O4/c1-11(20)12-2-4-13(5-3-12)17(22)19-14-6-8-15(9-7-14)23-10-16(18)21/h2-9H,10H2,1H3,(H2,18,21)(H,19,22). The van der Waals surface area contributed by atoms with Gasteiger partial charge in [0.05, 0.1) is 0 Å². The molecule has 0 radical (unpaired) electrons. The fourth-order valence-corrected chi connectivity index (χ4v) is 1.85. The Balaban J connectivity index is 1.99. The molecule has 2 aromatic carbocycles. The first-order valence-electron chi connectivity index (χ1n) is 6.89. The molecule has 2 amide bonds. The number of hydrogen-bond acceptors (Lipinski definition) is 4. The predicted octanol–water partition coefficient (Wildman–Crippen LogP) is 2.01. The molecule has 0 unspecified atom stereocenters. The Kier molecular flexibility index (Phi) is 5.09. The third-order valence-electron chi connectivity index (χ3n) is 3.05. The van der Waals surface area contributed by atoms with Crippen molar-refractivity contribution in [1.82, 2.24) is 0 Å². The Hall–Kier alpha value is -3.15. The zero-order chi connectivity index (χ0) is 16.8. The summed E-state index contributed by atoms with van der Waals surface area (Å²) < 4.78 is 5.13. The molecule has 0 saturated carbocycles. The minimum Gasteiger partial charge on any atom is -0.484 e. The summed E-state index contributed by atoms with van der Waals surface area (Å²) in [6.07, 6.45) is 0. The summed E-state index contributed by atoms with van der Waals surface area (Å²) in [6, 6.07) is 13.0. The second-order valence-electron chi connectivity index (χ2n) is 4.87. The maximum absolute atomic E-state index is 12.1. The van der Waals surface area contributed by atoms with E-state index in [1.165, 1.54) is 6.92 Å². The number of amides is 2. The summed E-state index contributed by atoms with van der Waals surface area (Å²) in [4.78, 5) is 33.9. The summed E-state index contributed by atoms with van der Waals surface area (Å²) in [5.74, 6) is -0.418. The highest BCUT2D eigenvalue weighted by molar-refractivity contribution is 6.05. The fourth-order valence-electron chi connectivity index (χ4n) is 1.85. The van der Waals surface area contributed by atoms with Crippen LogP contribution in [0.1, 0.15) is 27.6 Å². The van der Waals surface area contributed by atoms with Crippen molar-refractivity contribution in [3.8, 4) is 5.75 Å². The van der Waals surface area contributed by atoms with Crippen LogP contribution in [0.15, 0.2) is 48.5 Å². The van der Waals surface area contributed by atoms with Crippen LogP contribution in [-0.2, 0) is 4.79 Å². The van der Waals surface area contributed by atoms with Gasteiger partial charge in [-0.25, -0.2) is 0 Å². The lowest BCUT2D eigenvalue weighted by Crippen LogP contribution is -2.20. The van der Waals surface area contributed by atoms with Crippen molar-refractivity contribution >= 4 is 23.3 Å². The average Bonchev–Trinajstić information content (AvgIpc) is 2.54. The number of primary amides is 1. The summed E-state index contributed by atoms with van der Waals surface area (Å²) in [5, 5.41) is 2.73. The molecule has 0 aliphatic rings. The molecule has 0 aliphatic heterocycles. The number of ketones is 1. The molecule has 0 fully saturated rings. The molecule has 0 bridgehead atoms. The number of carbonyl (C=O) groups excluding carboxylic acids is 3. The third-order valence-corrected chi connectivity index (χ3v) is 3.05. The lowest BCUT2D eigenvalue weighted by atomic mass is 10.1. The van der Waals surface area contributed by atoms with E-state index in [9.17, 15) is 14.4 Å². The normalized spacial score (nSPS) is 9.96. The first-order valence-corrected chi connectivity index (χ1v) is 6.89. The van der Waals surface area contributed by atoms with Crippen molar-refractivity contribution in [2.45, 2.75) is 6.92 Å². The summed E-state index contributed by atoms with van der Waals surface area (Å²) in [5.41, 5.74) is 6.57. The maximum atomic E-state index is 12.1. The highest BCUT2D eigenvalue weighted by atomic mass is 16.5. The number of hydrogen-bond donors (Lipinski definition) is 2. The van der Waals surface area contributed by atoms with E-state index in [4.69, 9.17) is 10.5 Å². The van der Waals surface area contributed by atoms with Gasteiger partial charge >= 0.3 is 0 Å². The van der Waals surface area contributed by atoms with E-state index in [0.717, 1.165) is 0 Å². The number of nitrogens with one attached hydrogen (secondary N) is 1. The first kappa shape index (κ1) is 16.2. The third kappa shape index (κ3) is 4.67. The number of nitrogens with two attached hydrogens (primary N) is 1. The van der Waals surface area contributed by atoms with Crippen molar-refractivity contribution in [3.05, 3.63) is 59.7 Å². The lowest BCUT2D eigenvalue weighted by Gasteiger charge is -2.07. The molecule has 0 aliphatic carbocycles. The fraction of sp³-hybridized carbons (Fsp3) is 0.118. The van der Waals surface area contributed by atoms with Gasteiger partial charge in [0.2, 0.25) is 0 Å². The van der Waals surface area contributed by atoms with Crippen molar-refractivity contribution in [1.29, 1.82) is 0 Å². The number of ether oxygens (including phenoxy) is 1. The number of anilines is 1. The molecule has 2 aromatic rings. The topological polar surface area (TPSA) is 98.5 Å². The Bertz CT molecular complexity index is 721. The molecule has 23 heavy (non-hydrogen) atoms. The molecule has 0 heterocycles. The van der Waals surface area contributed by atoms with Crippen molar-refractivity contribution in [2.24, 2.45) is 5.73 Å².